The van der Waals surface area contributed by atoms with Crippen molar-refractivity contribution in [1.29, 1.82) is 0 Å². The smallest absolute Gasteiger partial charge is 0.276 e. The van der Waals surface area contributed by atoms with Crippen LogP contribution in [0, 0.1) is 10.1 Å². The van der Waals surface area contributed by atoms with Crippen molar-refractivity contribution in [2.45, 2.75) is 0 Å². The number of benzene rings is 1. The molecule has 15 heavy (non-hydrogen) atoms. The van der Waals surface area contributed by atoms with Gasteiger partial charge >= 0.3 is 0 Å². The molecule has 0 unspecified atom stereocenters. The predicted molar refractivity (Wildman–Crippen MR) is 58.4 cm³/mol. The zero-order valence-electron chi connectivity index (χ0n) is 9.02. The molecule has 5 heteroatoms. The average Bonchev–Trinajstić information content (AvgIpc) is 2.19. The Morgan fingerprint density at radius 3 is 2.13 bits per heavy atom. The summed E-state index contributed by atoms with van der Waals surface area (Å²) in [5.41, 5.74) is 1.03. The van der Waals surface area contributed by atoms with Gasteiger partial charge in [-0.05, 0) is 12.1 Å². The Kier molecular flexibility index (Phi) is 3.38. The maximum Gasteiger partial charge on any atom is 0.276 e. The quantitative estimate of drug-likeness (QED) is 0.257. The van der Waals surface area contributed by atoms with Gasteiger partial charge in [0.05, 0.1) is 31.6 Å². The lowest BCUT2D eigenvalue weighted by molar-refractivity contribution is -0.465. The molecule has 0 heterocycles. The van der Waals surface area contributed by atoms with Crippen molar-refractivity contribution in [1.82, 2.24) is 5.32 Å². The summed E-state index contributed by atoms with van der Waals surface area (Å²) in [5.74, 6) is 0.921. The molecule has 1 N–H and O–H groups in total. The Labute approximate surface area is 88.2 Å². The van der Waals surface area contributed by atoms with Gasteiger partial charge in [0.25, 0.3) is 11.5 Å². The first-order valence-electron chi connectivity index (χ1n) is 4.53. The lowest BCUT2D eigenvalue weighted by Gasteiger charge is -2.02. The molecule has 0 amide bonds. The van der Waals surface area contributed by atoms with E-state index in [-0.39, 0.29) is 5.69 Å². The van der Waals surface area contributed by atoms with E-state index in [4.69, 9.17) is 0 Å². The average molecular weight is 208 g/mol. The molecule has 0 aliphatic carbocycles. The van der Waals surface area contributed by atoms with Gasteiger partial charge in [-0.3, -0.25) is 20.0 Å². The number of nitrogens with one attached hydrogen (secondary N) is 1. The Morgan fingerprint density at radius 2 is 1.80 bits per heavy atom. The van der Waals surface area contributed by atoms with E-state index >= 15 is 0 Å². The molecule has 0 bridgehead atoms. The minimum absolute atomic E-state index is 0.105. The van der Waals surface area contributed by atoms with Gasteiger partial charge in [-0.1, -0.05) is 0 Å². The van der Waals surface area contributed by atoms with Gasteiger partial charge in [0.2, 0.25) is 0 Å². The first kappa shape index (κ1) is 11.2. The van der Waals surface area contributed by atoms with E-state index in [1.165, 1.54) is 12.1 Å². The standard InChI is InChI=1S/C10H13N3O2/c1-11-10(12(2)3)8-4-6-9(7-5-8)13(14)15/h4-7H,1-3H3/p+1. The zero-order valence-corrected chi connectivity index (χ0v) is 9.02. The van der Waals surface area contributed by atoms with Gasteiger partial charge in [-0.25, -0.2) is 0 Å². The summed E-state index contributed by atoms with van der Waals surface area (Å²) in [4.78, 5) is 10.1. The number of nitrogens with zero attached hydrogens (tertiary/aromatic N) is 2. The number of non-ortho nitro benzene ring substituents is 1. The van der Waals surface area contributed by atoms with E-state index in [1.54, 1.807) is 12.1 Å². The van der Waals surface area contributed by atoms with Crippen molar-refractivity contribution in [2.75, 3.05) is 21.1 Å². The van der Waals surface area contributed by atoms with E-state index < -0.39 is 4.92 Å². The second-order valence-electron chi connectivity index (χ2n) is 3.30. The summed E-state index contributed by atoms with van der Waals surface area (Å²) in [7, 11) is 5.64. The van der Waals surface area contributed by atoms with Crippen molar-refractivity contribution in [2.24, 2.45) is 0 Å². The first-order chi connectivity index (χ1) is 7.06. The highest BCUT2D eigenvalue weighted by Gasteiger charge is 2.11. The Balaban J connectivity index is 3.08. The van der Waals surface area contributed by atoms with Crippen LogP contribution in [-0.4, -0.2) is 36.5 Å². The van der Waals surface area contributed by atoms with E-state index in [1.807, 2.05) is 25.7 Å². The zero-order chi connectivity index (χ0) is 11.4. The van der Waals surface area contributed by atoms with Crippen molar-refractivity contribution in [3.63, 3.8) is 0 Å². The topological polar surface area (TPSA) is 58.2 Å². The van der Waals surface area contributed by atoms with Crippen molar-refractivity contribution < 1.29 is 9.50 Å². The van der Waals surface area contributed by atoms with Crippen LogP contribution in [0.2, 0.25) is 0 Å². The number of hydrogen-bond acceptors (Lipinski definition) is 2. The molecule has 0 aliphatic rings. The third-order valence-electron chi connectivity index (χ3n) is 2.04. The van der Waals surface area contributed by atoms with Crippen LogP contribution in [0.25, 0.3) is 0 Å². The fraction of sp³-hybridized carbons (Fsp3) is 0.300. The second kappa shape index (κ2) is 4.54. The van der Waals surface area contributed by atoms with Crippen LogP contribution in [0.3, 0.4) is 0 Å². The molecule has 0 saturated heterocycles. The molecule has 0 aliphatic heterocycles. The van der Waals surface area contributed by atoms with Gasteiger partial charge in [0, 0.05) is 12.1 Å². The summed E-state index contributed by atoms with van der Waals surface area (Å²) >= 11 is 0. The van der Waals surface area contributed by atoms with E-state index in [9.17, 15) is 10.1 Å². The van der Waals surface area contributed by atoms with Crippen LogP contribution in [0.4, 0.5) is 5.69 Å². The molecule has 0 atom stereocenters. The van der Waals surface area contributed by atoms with Gasteiger partial charge in [0.1, 0.15) is 0 Å². The van der Waals surface area contributed by atoms with Crippen molar-refractivity contribution >= 4 is 11.5 Å². The molecule has 80 valence electrons. The van der Waals surface area contributed by atoms with Gasteiger partial charge in [0.15, 0.2) is 0 Å². The molecule has 1 aromatic carbocycles. The third kappa shape index (κ3) is 2.52. The largest absolute Gasteiger partial charge is 0.277 e. The molecule has 0 fully saturated rings. The fourth-order valence-electron chi connectivity index (χ4n) is 1.37. The maximum atomic E-state index is 10.5. The van der Waals surface area contributed by atoms with Gasteiger partial charge < -0.3 is 0 Å². The van der Waals surface area contributed by atoms with Crippen LogP contribution in [-0.2, 0) is 0 Å². The van der Waals surface area contributed by atoms with Crippen molar-refractivity contribution in [3.8, 4) is 0 Å². The molecule has 1 aromatic rings. The third-order valence-corrected chi connectivity index (χ3v) is 2.04. The minimum Gasteiger partial charge on any atom is -0.277 e. The summed E-state index contributed by atoms with van der Waals surface area (Å²) in [6.07, 6.45) is 0. The van der Waals surface area contributed by atoms with Crippen molar-refractivity contribution in [3.05, 3.63) is 39.9 Å². The van der Waals surface area contributed by atoms with E-state index in [0.29, 0.717) is 0 Å². The Morgan fingerprint density at radius 1 is 1.27 bits per heavy atom. The molecule has 0 radical (unpaired) electrons. The molecular formula is C10H14N3O2+. The predicted octanol–water partition coefficient (Wildman–Crippen LogP) is 0.833. The summed E-state index contributed by atoms with van der Waals surface area (Å²) in [6.45, 7) is 0. The van der Waals surface area contributed by atoms with Crippen LogP contribution in [0.15, 0.2) is 24.3 Å². The van der Waals surface area contributed by atoms with Crippen LogP contribution in [0.5, 0.6) is 0 Å². The van der Waals surface area contributed by atoms with Crippen LogP contribution in [0.1, 0.15) is 5.56 Å². The normalized spacial score (nSPS) is 9.53. The number of amidine groups is 1. The van der Waals surface area contributed by atoms with Gasteiger partial charge in [-0.15, -0.1) is 0 Å². The maximum absolute atomic E-state index is 10.5. The summed E-state index contributed by atoms with van der Waals surface area (Å²) in [6, 6.07) is 6.44. The van der Waals surface area contributed by atoms with Gasteiger partial charge in [-0.2, -0.15) is 0 Å². The second-order valence-corrected chi connectivity index (χ2v) is 3.30. The molecule has 5 nitrogen and oxygen atoms in total. The highest BCUT2D eigenvalue weighted by atomic mass is 16.6. The highest BCUT2D eigenvalue weighted by Crippen LogP contribution is 2.11. The Bertz CT molecular complexity index is 392. The molecule has 0 spiro atoms. The molecule has 0 aromatic heterocycles. The number of nitro benzene ring substituents is 1. The van der Waals surface area contributed by atoms with E-state index in [2.05, 4.69) is 5.32 Å². The van der Waals surface area contributed by atoms with Crippen LogP contribution >= 0.6 is 0 Å². The minimum atomic E-state index is -0.404. The lowest BCUT2D eigenvalue weighted by Crippen LogP contribution is -2.28. The monoisotopic (exact) mass is 208 g/mol. The lowest BCUT2D eigenvalue weighted by atomic mass is 10.2. The fourth-order valence-corrected chi connectivity index (χ4v) is 1.37. The number of hydrogen-bond donors (Lipinski definition) is 1. The highest BCUT2D eigenvalue weighted by molar-refractivity contribution is 5.94. The Hall–Kier alpha value is -1.91. The summed E-state index contributed by atoms with van der Waals surface area (Å²) < 4.78 is 1.92. The first-order valence-corrected chi connectivity index (χ1v) is 4.53. The molecule has 0 saturated carbocycles. The number of nitro groups is 1. The molecule has 1 rings (SSSR count). The van der Waals surface area contributed by atoms with Crippen LogP contribution < -0.4 is 5.32 Å². The summed E-state index contributed by atoms with van der Waals surface area (Å²) in [5, 5.41) is 13.5. The number of rotatable bonds is 2. The molecular weight excluding hydrogens is 194 g/mol. The SMILES string of the molecule is CNC(c1ccc([N+](=O)[O-])cc1)=[N+](C)C. The van der Waals surface area contributed by atoms with E-state index in [0.717, 1.165) is 11.4 Å².